The fourth-order valence-corrected chi connectivity index (χ4v) is 2.15. The Morgan fingerprint density at radius 3 is 2.90 bits per heavy atom. The molecule has 1 unspecified atom stereocenters. The highest BCUT2D eigenvalue weighted by Gasteiger charge is 2.34. The second-order valence-corrected chi connectivity index (χ2v) is 4.87. The van der Waals surface area contributed by atoms with Crippen LogP contribution in [0.15, 0.2) is 12.3 Å². The first-order valence-electron chi connectivity index (χ1n) is 5.82. The molecule has 1 atom stereocenters. The zero-order valence-electron chi connectivity index (χ0n) is 10.6. The summed E-state index contributed by atoms with van der Waals surface area (Å²) in [4.78, 5) is 29.3. The van der Waals surface area contributed by atoms with Crippen LogP contribution in [0, 0.1) is 0 Å². The van der Waals surface area contributed by atoms with Crippen molar-refractivity contribution < 1.29 is 19.1 Å². The number of halogens is 2. The summed E-state index contributed by atoms with van der Waals surface area (Å²) in [5, 5.41) is 0.301. The first-order valence-corrected chi connectivity index (χ1v) is 6.57. The summed E-state index contributed by atoms with van der Waals surface area (Å²) < 4.78 is 9.88. The number of hydrogen-bond donors (Lipinski definition) is 0. The maximum Gasteiger partial charge on any atom is 0.331 e. The lowest BCUT2D eigenvalue weighted by molar-refractivity contribution is -0.151. The van der Waals surface area contributed by atoms with E-state index in [-0.39, 0.29) is 28.3 Å². The first kappa shape index (κ1) is 15.0. The smallest absolute Gasteiger partial charge is 0.331 e. The summed E-state index contributed by atoms with van der Waals surface area (Å²) in [6.45, 7) is 0.750. The van der Waals surface area contributed by atoms with Gasteiger partial charge in [-0.2, -0.15) is 0 Å². The monoisotopic (exact) mass is 318 g/mol. The fourth-order valence-electron chi connectivity index (χ4n) is 1.88. The van der Waals surface area contributed by atoms with Crippen LogP contribution in [0.4, 0.5) is 0 Å². The van der Waals surface area contributed by atoms with Gasteiger partial charge in [-0.3, -0.25) is 4.79 Å². The molecule has 2 rings (SSSR count). The van der Waals surface area contributed by atoms with E-state index in [9.17, 15) is 9.59 Å². The Hall–Kier alpha value is -1.37. The van der Waals surface area contributed by atoms with Crippen LogP contribution >= 0.6 is 23.2 Å². The molecule has 1 aromatic heterocycles. The minimum absolute atomic E-state index is 0.104. The molecule has 20 heavy (non-hydrogen) atoms. The Morgan fingerprint density at radius 2 is 2.25 bits per heavy atom. The van der Waals surface area contributed by atoms with Crippen LogP contribution < -0.4 is 0 Å². The van der Waals surface area contributed by atoms with E-state index in [1.807, 2.05) is 0 Å². The molecule has 2 heterocycles. The quantitative estimate of drug-likeness (QED) is 0.609. The molecule has 1 saturated heterocycles. The number of aromatic nitrogens is 1. The van der Waals surface area contributed by atoms with E-state index in [4.69, 9.17) is 27.9 Å². The van der Waals surface area contributed by atoms with Gasteiger partial charge in [0.25, 0.3) is 5.91 Å². The van der Waals surface area contributed by atoms with Gasteiger partial charge in [-0.1, -0.05) is 23.2 Å². The number of nitrogens with zero attached hydrogens (tertiary/aromatic N) is 2. The van der Waals surface area contributed by atoms with Crippen molar-refractivity contribution >= 4 is 35.1 Å². The van der Waals surface area contributed by atoms with E-state index < -0.39 is 12.0 Å². The van der Waals surface area contributed by atoms with Gasteiger partial charge in [0.2, 0.25) is 0 Å². The molecule has 0 bridgehead atoms. The Balaban J connectivity index is 2.25. The normalized spacial score (nSPS) is 18.8. The minimum atomic E-state index is -0.768. The summed E-state index contributed by atoms with van der Waals surface area (Å²) in [5.41, 5.74) is 0.259. The van der Waals surface area contributed by atoms with Gasteiger partial charge in [0.05, 0.1) is 30.9 Å². The van der Waals surface area contributed by atoms with Crippen molar-refractivity contribution in [3.63, 3.8) is 0 Å². The average Bonchev–Trinajstić information content (AvgIpc) is 2.48. The van der Waals surface area contributed by atoms with Crippen LogP contribution in [0.1, 0.15) is 10.4 Å². The number of amides is 1. The summed E-state index contributed by atoms with van der Waals surface area (Å²) in [5.74, 6) is -0.888. The largest absolute Gasteiger partial charge is 0.467 e. The topological polar surface area (TPSA) is 68.7 Å². The lowest BCUT2D eigenvalue weighted by Gasteiger charge is -2.33. The summed E-state index contributed by atoms with van der Waals surface area (Å²) >= 11 is 11.6. The molecular weight excluding hydrogens is 307 g/mol. The third-order valence-electron chi connectivity index (χ3n) is 2.91. The van der Waals surface area contributed by atoms with Crippen LogP contribution in [-0.2, 0) is 14.3 Å². The van der Waals surface area contributed by atoms with Crippen LogP contribution in [-0.4, -0.2) is 54.7 Å². The van der Waals surface area contributed by atoms with Gasteiger partial charge in [-0.15, -0.1) is 0 Å². The van der Waals surface area contributed by atoms with Crippen molar-refractivity contribution in [1.82, 2.24) is 9.88 Å². The first-order chi connectivity index (χ1) is 9.54. The molecule has 0 aliphatic carbocycles. The van der Waals surface area contributed by atoms with Crippen LogP contribution in [0.3, 0.4) is 0 Å². The third kappa shape index (κ3) is 3.03. The highest BCUT2D eigenvalue weighted by atomic mass is 35.5. The molecule has 1 amide bonds. The average molecular weight is 319 g/mol. The molecule has 0 aromatic carbocycles. The van der Waals surface area contributed by atoms with E-state index >= 15 is 0 Å². The lowest BCUT2D eigenvalue weighted by Crippen LogP contribution is -2.53. The van der Waals surface area contributed by atoms with Crippen molar-refractivity contribution in [1.29, 1.82) is 0 Å². The van der Waals surface area contributed by atoms with E-state index in [1.165, 1.54) is 24.3 Å². The van der Waals surface area contributed by atoms with Gasteiger partial charge in [-0.05, 0) is 6.07 Å². The molecule has 8 heteroatoms. The summed E-state index contributed by atoms with van der Waals surface area (Å²) in [6, 6.07) is 0.652. The number of hydrogen-bond acceptors (Lipinski definition) is 5. The molecule has 1 aliphatic heterocycles. The lowest BCUT2D eigenvalue weighted by atomic mass is 10.1. The maximum atomic E-state index is 12.4. The third-order valence-corrected chi connectivity index (χ3v) is 3.59. The highest BCUT2D eigenvalue weighted by molar-refractivity contribution is 6.41. The standard InChI is InChI=1S/C12H12Cl2N2O4/c1-19-12(18)9-6-20-3-2-16(9)11(17)7-4-8(13)10(14)15-5-7/h4-5,9H,2-3,6H2,1H3. The number of esters is 1. The highest BCUT2D eigenvalue weighted by Crippen LogP contribution is 2.21. The summed E-state index contributed by atoms with van der Waals surface area (Å²) in [7, 11) is 1.26. The minimum Gasteiger partial charge on any atom is -0.467 e. The van der Waals surface area contributed by atoms with E-state index in [2.05, 4.69) is 9.72 Å². The zero-order chi connectivity index (χ0) is 14.7. The van der Waals surface area contributed by atoms with Crippen molar-refractivity contribution in [3.8, 4) is 0 Å². The number of carbonyl (C=O) groups is 2. The molecule has 6 nitrogen and oxygen atoms in total. The van der Waals surface area contributed by atoms with Gasteiger partial charge < -0.3 is 14.4 Å². The van der Waals surface area contributed by atoms with E-state index in [1.54, 1.807) is 0 Å². The van der Waals surface area contributed by atoms with E-state index in [0.717, 1.165) is 0 Å². The van der Waals surface area contributed by atoms with Crippen molar-refractivity contribution in [2.24, 2.45) is 0 Å². The summed E-state index contributed by atoms with van der Waals surface area (Å²) in [6.07, 6.45) is 1.32. The van der Waals surface area contributed by atoms with Gasteiger partial charge in [0, 0.05) is 12.7 Å². The number of ether oxygens (including phenoxy) is 2. The molecule has 0 saturated carbocycles. The Labute approximate surface area is 125 Å². The van der Waals surface area contributed by atoms with Gasteiger partial charge in [-0.25, -0.2) is 9.78 Å². The van der Waals surface area contributed by atoms with Gasteiger partial charge in [0.1, 0.15) is 5.15 Å². The fraction of sp³-hybridized carbons (Fsp3) is 0.417. The Morgan fingerprint density at radius 1 is 1.50 bits per heavy atom. The van der Waals surface area contributed by atoms with E-state index in [0.29, 0.717) is 13.2 Å². The van der Waals surface area contributed by atoms with Crippen molar-refractivity contribution in [2.45, 2.75) is 6.04 Å². The van der Waals surface area contributed by atoms with Crippen molar-refractivity contribution in [3.05, 3.63) is 28.0 Å². The molecule has 0 spiro atoms. The Bertz CT molecular complexity index is 538. The van der Waals surface area contributed by atoms with Crippen LogP contribution in [0.2, 0.25) is 10.2 Å². The molecule has 1 aliphatic rings. The molecule has 1 fully saturated rings. The number of rotatable bonds is 2. The van der Waals surface area contributed by atoms with Gasteiger partial charge >= 0.3 is 5.97 Å². The second kappa shape index (κ2) is 6.39. The molecule has 0 N–H and O–H groups in total. The predicted molar refractivity (Wildman–Crippen MR) is 71.9 cm³/mol. The number of methoxy groups -OCH3 is 1. The van der Waals surface area contributed by atoms with Gasteiger partial charge in [0.15, 0.2) is 6.04 Å². The molecule has 0 radical (unpaired) electrons. The van der Waals surface area contributed by atoms with Crippen molar-refractivity contribution in [2.75, 3.05) is 26.9 Å². The number of carbonyl (C=O) groups excluding carboxylic acids is 2. The van der Waals surface area contributed by atoms with Crippen LogP contribution in [0.25, 0.3) is 0 Å². The number of morpholine rings is 1. The SMILES string of the molecule is COC(=O)C1COCCN1C(=O)c1cnc(Cl)c(Cl)c1. The molecule has 108 valence electrons. The number of pyridine rings is 1. The van der Waals surface area contributed by atoms with Crippen LogP contribution in [0.5, 0.6) is 0 Å². The molecule has 1 aromatic rings. The maximum absolute atomic E-state index is 12.4. The zero-order valence-corrected chi connectivity index (χ0v) is 12.1. The second-order valence-electron chi connectivity index (χ2n) is 4.11. The molecular formula is C12H12Cl2N2O4. The predicted octanol–water partition coefficient (Wildman–Crippen LogP) is 1.40. The Kier molecular flexibility index (Phi) is 4.80.